The van der Waals surface area contributed by atoms with E-state index in [0.29, 0.717) is 26.1 Å². The van der Waals surface area contributed by atoms with E-state index >= 15 is 0 Å². The Hall–Kier alpha value is -2.58. The molecule has 1 aliphatic heterocycles. The third-order valence-electron chi connectivity index (χ3n) is 4.42. The molecule has 0 spiro atoms. The van der Waals surface area contributed by atoms with Crippen LogP contribution in [-0.2, 0) is 16.1 Å². The molecule has 1 aromatic heterocycles. The number of rotatable bonds is 4. The van der Waals surface area contributed by atoms with Gasteiger partial charge >= 0.3 is 0 Å². The molecule has 1 fully saturated rings. The lowest BCUT2D eigenvalue weighted by Gasteiger charge is -2.34. The molecule has 2 unspecified atom stereocenters. The summed E-state index contributed by atoms with van der Waals surface area (Å²) in [6.07, 6.45) is 6.11. The fourth-order valence-electron chi connectivity index (χ4n) is 3.39. The molecule has 0 saturated carbocycles. The first-order valence-corrected chi connectivity index (χ1v) is 8.65. The fourth-order valence-corrected chi connectivity index (χ4v) is 3.39. The second-order valence-electron chi connectivity index (χ2n) is 6.54. The topological polar surface area (TPSA) is 58.3 Å². The number of hydrogen-bond acceptors (Lipinski definition) is 3. The van der Waals surface area contributed by atoms with Crippen LogP contribution in [0, 0.1) is 11.3 Å². The predicted molar refractivity (Wildman–Crippen MR) is 97.8 cm³/mol. The van der Waals surface area contributed by atoms with Gasteiger partial charge in [0, 0.05) is 48.4 Å². The number of hydrogen-bond donors (Lipinski definition) is 0. The van der Waals surface area contributed by atoms with Crippen LogP contribution in [0.2, 0.25) is 0 Å². The van der Waals surface area contributed by atoms with Gasteiger partial charge in [0.2, 0.25) is 5.91 Å². The van der Waals surface area contributed by atoms with Crippen LogP contribution in [-0.4, -0.2) is 40.7 Å². The first-order chi connectivity index (χ1) is 12.1. The molecule has 1 amide bonds. The zero-order valence-corrected chi connectivity index (χ0v) is 14.7. The van der Waals surface area contributed by atoms with E-state index in [2.05, 4.69) is 10.6 Å². The molecule has 1 aliphatic rings. The van der Waals surface area contributed by atoms with E-state index in [9.17, 15) is 4.79 Å². The fraction of sp³-hybridized carbons (Fsp3) is 0.400. The molecule has 2 heterocycles. The third-order valence-corrected chi connectivity index (χ3v) is 4.42. The molecule has 0 N–H and O–H groups in total. The van der Waals surface area contributed by atoms with Gasteiger partial charge in [-0.1, -0.05) is 18.2 Å². The molecule has 0 aliphatic carbocycles. The number of ether oxygens (including phenoxy) is 1. The van der Waals surface area contributed by atoms with Gasteiger partial charge in [0.15, 0.2) is 0 Å². The number of benzene rings is 1. The predicted octanol–water partition coefficient (Wildman–Crippen LogP) is 3.20. The van der Waals surface area contributed by atoms with Crippen molar-refractivity contribution in [2.24, 2.45) is 0 Å². The van der Waals surface area contributed by atoms with Crippen LogP contribution < -0.4 is 0 Å². The van der Waals surface area contributed by atoms with Crippen LogP contribution in [0.15, 0.2) is 36.5 Å². The molecule has 5 heteroatoms. The number of carbonyl (C=O) groups is 1. The molecule has 2 aromatic rings. The van der Waals surface area contributed by atoms with E-state index in [-0.39, 0.29) is 18.1 Å². The van der Waals surface area contributed by atoms with Gasteiger partial charge in [-0.15, -0.1) is 0 Å². The van der Waals surface area contributed by atoms with E-state index in [1.807, 2.05) is 55.3 Å². The minimum absolute atomic E-state index is 0.0101. The number of morpholine rings is 1. The summed E-state index contributed by atoms with van der Waals surface area (Å²) in [5, 5.41) is 9.92. The van der Waals surface area contributed by atoms with Gasteiger partial charge in [0.1, 0.15) is 0 Å². The number of para-hydroxylation sites is 1. The Kier molecular flexibility index (Phi) is 5.20. The van der Waals surface area contributed by atoms with Crippen LogP contribution in [0.1, 0.15) is 25.8 Å². The molecule has 1 aromatic carbocycles. The van der Waals surface area contributed by atoms with Crippen molar-refractivity contribution in [3.63, 3.8) is 0 Å². The highest BCUT2D eigenvalue weighted by atomic mass is 16.5. The van der Waals surface area contributed by atoms with Crippen LogP contribution >= 0.6 is 0 Å². The average molecular weight is 337 g/mol. The zero-order valence-electron chi connectivity index (χ0n) is 14.7. The smallest absolute Gasteiger partial charge is 0.246 e. The maximum absolute atomic E-state index is 12.5. The van der Waals surface area contributed by atoms with E-state index in [1.165, 1.54) is 0 Å². The van der Waals surface area contributed by atoms with Crippen LogP contribution in [0.5, 0.6) is 0 Å². The highest BCUT2D eigenvalue weighted by Gasteiger charge is 2.24. The van der Waals surface area contributed by atoms with Crippen LogP contribution in [0.25, 0.3) is 17.0 Å². The summed E-state index contributed by atoms with van der Waals surface area (Å²) < 4.78 is 7.75. The van der Waals surface area contributed by atoms with Gasteiger partial charge in [-0.25, -0.2) is 0 Å². The Morgan fingerprint density at radius 1 is 1.32 bits per heavy atom. The molecule has 0 radical (unpaired) electrons. The summed E-state index contributed by atoms with van der Waals surface area (Å²) in [4.78, 5) is 14.3. The molecular weight excluding hydrogens is 314 g/mol. The van der Waals surface area contributed by atoms with Gasteiger partial charge in [0.05, 0.1) is 24.7 Å². The number of aromatic nitrogens is 1. The summed E-state index contributed by atoms with van der Waals surface area (Å²) in [5.41, 5.74) is 2.08. The number of nitriles is 1. The summed E-state index contributed by atoms with van der Waals surface area (Å²) in [6, 6.07) is 10.2. The monoisotopic (exact) mass is 337 g/mol. The summed E-state index contributed by atoms with van der Waals surface area (Å²) >= 11 is 0. The number of aryl methyl sites for hydroxylation is 1. The van der Waals surface area contributed by atoms with Gasteiger partial charge in [-0.3, -0.25) is 4.79 Å². The highest BCUT2D eigenvalue weighted by Crippen LogP contribution is 2.23. The van der Waals surface area contributed by atoms with E-state index < -0.39 is 0 Å². The molecule has 5 nitrogen and oxygen atoms in total. The SMILES string of the molecule is CC1CN(C(=O)C=Cc2cn(CCC#N)c3ccccc23)CC(C)O1. The minimum atomic E-state index is 0.0101. The Bertz CT molecular complexity index is 821. The third kappa shape index (κ3) is 3.92. The van der Waals surface area contributed by atoms with Gasteiger partial charge < -0.3 is 14.2 Å². The van der Waals surface area contributed by atoms with Crippen molar-refractivity contribution in [3.8, 4) is 6.07 Å². The number of carbonyl (C=O) groups excluding carboxylic acids is 1. The molecular formula is C20H23N3O2. The largest absolute Gasteiger partial charge is 0.372 e. The Labute approximate surface area is 148 Å². The standard InChI is InChI=1S/C20H23N3O2/c1-15-12-23(13-16(2)25-15)20(24)9-8-17-14-22(11-5-10-21)19-7-4-3-6-18(17)19/h3-4,6-9,14-16H,5,11-13H2,1-2H3. The lowest BCUT2D eigenvalue weighted by atomic mass is 10.1. The van der Waals surface area contributed by atoms with Crippen LogP contribution in [0.4, 0.5) is 0 Å². The molecule has 2 atom stereocenters. The summed E-state index contributed by atoms with van der Waals surface area (Å²) in [5.74, 6) is 0.0101. The molecule has 3 rings (SSSR count). The Morgan fingerprint density at radius 3 is 2.76 bits per heavy atom. The maximum atomic E-state index is 12.5. The van der Waals surface area contributed by atoms with E-state index in [4.69, 9.17) is 10.00 Å². The Morgan fingerprint density at radius 2 is 2.04 bits per heavy atom. The first kappa shape index (κ1) is 17.2. The molecule has 0 bridgehead atoms. The van der Waals surface area contributed by atoms with Crippen molar-refractivity contribution >= 4 is 22.9 Å². The maximum Gasteiger partial charge on any atom is 0.246 e. The van der Waals surface area contributed by atoms with E-state index in [0.717, 1.165) is 16.5 Å². The van der Waals surface area contributed by atoms with Crippen molar-refractivity contribution in [1.82, 2.24) is 9.47 Å². The quantitative estimate of drug-likeness (QED) is 0.805. The van der Waals surface area contributed by atoms with E-state index in [1.54, 1.807) is 6.08 Å². The first-order valence-electron chi connectivity index (χ1n) is 8.65. The van der Waals surface area contributed by atoms with Gasteiger partial charge in [-0.2, -0.15) is 5.26 Å². The van der Waals surface area contributed by atoms with Crippen molar-refractivity contribution in [2.75, 3.05) is 13.1 Å². The number of amides is 1. The molecule has 1 saturated heterocycles. The number of fused-ring (bicyclic) bond motifs is 1. The van der Waals surface area contributed by atoms with Crippen LogP contribution in [0.3, 0.4) is 0 Å². The van der Waals surface area contributed by atoms with Crippen molar-refractivity contribution in [3.05, 3.63) is 42.1 Å². The van der Waals surface area contributed by atoms with Gasteiger partial charge in [-0.05, 0) is 26.0 Å². The number of nitrogens with zero attached hydrogens (tertiary/aromatic N) is 3. The van der Waals surface area contributed by atoms with Crippen molar-refractivity contribution < 1.29 is 9.53 Å². The minimum Gasteiger partial charge on any atom is -0.372 e. The molecule has 25 heavy (non-hydrogen) atoms. The second kappa shape index (κ2) is 7.54. The summed E-state index contributed by atoms with van der Waals surface area (Å²) in [6.45, 7) is 5.87. The highest BCUT2D eigenvalue weighted by molar-refractivity contribution is 5.96. The van der Waals surface area contributed by atoms with Gasteiger partial charge in [0.25, 0.3) is 0 Å². The second-order valence-corrected chi connectivity index (χ2v) is 6.54. The lowest BCUT2D eigenvalue weighted by Crippen LogP contribution is -2.47. The lowest BCUT2D eigenvalue weighted by molar-refractivity contribution is -0.137. The molecule has 130 valence electrons. The van der Waals surface area contributed by atoms with Crippen molar-refractivity contribution in [1.29, 1.82) is 5.26 Å². The zero-order chi connectivity index (χ0) is 17.8. The van der Waals surface area contributed by atoms with Crippen molar-refractivity contribution in [2.45, 2.75) is 39.0 Å². The normalized spacial score (nSPS) is 20.9. The average Bonchev–Trinajstić information content (AvgIpc) is 2.95. The summed E-state index contributed by atoms with van der Waals surface area (Å²) in [7, 11) is 0. The Balaban J connectivity index is 1.81.